The minimum Gasteiger partial charge on any atom is -0.480 e. The predicted molar refractivity (Wildman–Crippen MR) is 77.6 cm³/mol. The van der Waals surface area contributed by atoms with E-state index in [1.54, 1.807) is 12.2 Å². The topological polar surface area (TPSA) is 97.3 Å². The Morgan fingerprint density at radius 3 is 2.67 bits per heavy atom. The molecule has 0 radical (unpaired) electrons. The summed E-state index contributed by atoms with van der Waals surface area (Å²) in [6.07, 6.45) is -2.72. The highest BCUT2D eigenvalue weighted by molar-refractivity contribution is 6.22. The van der Waals surface area contributed by atoms with Gasteiger partial charge in [-0.15, -0.1) is 16.7 Å². The number of hydrogen-bond acceptors (Lipinski definition) is 4. The maximum Gasteiger partial charge on any atom is 0.416 e. The molecule has 2 rings (SSSR count). The van der Waals surface area contributed by atoms with Crippen LogP contribution in [0.1, 0.15) is 12.2 Å². The summed E-state index contributed by atoms with van der Waals surface area (Å²) >= 11 is 5.87. The second-order valence-corrected chi connectivity index (χ2v) is 5.66. The summed E-state index contributed by atoms with van der Waals surface area (Å²) in [5.74, 6) is -1.54. The molecule has 132 valence electrons. The van der Waals surface area contributed by atoms with Crippen LogP contribution in [0.4, 0.5) is 13.2 Å². The lowest BCUT2D eigenvalue weighted by atomic mass is 10.1. The third kappa shape index (κ3) is 4.06. The van der Waals surface area contributed by atoms with Gasteiger partial charge in [-0.2, -0.15) is 13.2 Å². The van der Waals surface area contributed by atoms with Crippen molar-refractivity contribution < 1.29 is 28.2 Å². The van der Waals surface area contributed by atoms with Crippen LogP contribution in [0, 0.1) is 0 Å². The molecule has 7 nitrogen and oxygen atoms in total. The van der Waals surface area contributed by atoms with E-state index >= 15 is 0 Å². The first-order valence-corrected chi connectivity index (χ1v) is 7.20. The van der Waals surface area contributed by atoms with E-state index in [0.717, 1.165) is 0 Å². The van der Waals surface area contributed by atoms with Crippen molar-refractivity contribution in [2.24, 2.45) is 0 Å². The molecule has 1 unspecified atom stereocenters. The second-order valence-electron chi connectivity index (χ2n) is 5.10. The number of aromatic nitrogens is 3. The summed E-state index contributed by atoms with van der Waals surface area (Å²) in [4.78, 5) is 22.9. The number of alkyl halides is 4. The Morgan fingerprint density at radius 2 is 2.17 bits per heavy atom. The molecule has 0 bridgehead atoms. The van der Waals surface area contributed by atoms with Crippen LogP contribution in [0.25, 0.3) is 5.57 Å². The Balaban J connectivity index is 2.46. The summed E-state index contributed by atoms with van der Waals surface area (Å²) in [6.45, 7) is -1.90. The molecule has 0 aromatic carbocycles. The summed E-state index contributed by atoms with van der Waals surface area (Å²) in [7, 11) is 0. The Labute approximate surface area is 138 Å². The zero-order valence-electron chi connectivity index (χ0n) is 12.1. The molecule has 11 heteroatoms. The number of aliphatic hydroxyl groups is 1. The minimum absolute atomic E-state index is 0.163. The average molecular weight is 368 g/mol. The molecule has 1 aromatic heterocycles. The van der Waals surface area contributed by atoms with Crippen molar-refractivity contribution in [2.75, 3.05) is 0 Å². The Morgan fingerprint density at radius 1 is 1.50 bits per heavy atom. The molecule has 0 saturated heterocycles. The normalized spacial score (nSPS) is 19.2. The van der Waals surface area contributed by atoms with Gasteiger partial charge in [-0.3, -0.25) is 9.36 Å². The van der Waals surface area contributed by atoms with Gasteiger partial charge in [0.2, 0.25) is 0 Å². The lowest BCUT2D eigenvalue weighted by molar-refractivity contribution is -0.207. The Kier molecular flexibility index (Phi) is 5.19. The predicted octanol–water partition coefficient (Wildman–Crippen LogP) is 1.00. The molecule has 1 heterocycles. The van der Waals surface area contributed by atoms with Gasteiger partial charge in [0.15, 0.2) is 11.9 Å². The van der Waals surface area contributed by atoms with Crippen molar-refractivity contribution in [3.05, 3.63) is 34.5 Å². The summed E-state index contributed by atoms with van der Waals surface area (Å²) in [6, 6.07) is 0. The van der Waals surface area contributed by atoms with Gasteiger partial charge < -0.3 is 10.2 Å². The van der Waals surface area contributed by atoms with E-state index in [1.807, 2.05) is 0 Å². The number of halogens is 4. The molecule has 2 N–H and O–H groups in total. The van der Waals surface area contributed by atoms with E-state index < -0.39 is 37.0 Å². The molecule has 1 aliphatic rings. The largest absolute Gasteiger partial charge is 0.480 e. The molecule has 0 aliphatic heterocycles. The van der Waals surface area contributed by atoms with Crippen LogP contribution in [0.15, 0.2) is 23.0 Å². The quantitative estimate of drug-likeness (QED) is 0.757. The molecule has 0 spiro atoms. The summed E-state index contributed by atoms with van der Waals surface area (Å²) in [5, 5.41) is 21.5. The number of hydrogen-bond donors (Lipinski definition) is 2. The molecule has 0 fully saturated rings. The lowest BCUT2D eigenvalue weighted by Gasteiger charge is -2.16. The van der Waals surface area contributed by atoms with Gasteiger partial charge in [0, 0.05) is 5.57 Å². The molecular formula is C13H13ClF3N3O4. The van der Waals surface area contributed by atoms with Crippen molar-refractivity contribution in [3.8, 4) is 0 Å². The Hall–Kier alpha value is -2.07. The molecule has 24 heavy (non-hydrogen) atoms. The average Bonchev–Trinajstić information content (AvgIpc) is 2.76. The maximum atomic E-state index is 12.6. The van der Waals surface area contributed by atoms with Crippen LogP contribution in [0.5, 0.6) is 0 Å². The third-order valence-corrected chi connectivity index (χ3v) is 3.57. The van der Waals surface area contributed by atoms with Gasteiger partial charge >= 0.3 is 17.8 Å². The van der Waals surface area contributed by atoms with Crippen molar-refractivity contribution in [1.82, 2.24) is 14.3 Å². The monoisotopic (exact) mass is 367 g/mol. The highest BCUT2D eigenvalue weighted by Gasteiger charge is 2.39. The fourth-order valence-corrected chi connectivity index (χ4v) is 2.25. The van der Waals surface area contributed by atoms with Crippen molar-refractivity contribution in [1.29, 1.82) is 0 Å². The number of allylic oxidation sites excluding steroid dienone is 4. The number of rotatable bonds is 5. The Bertz CT molecular complexity index is 751. The molecular weight excluding hydrogens is 355 g/mol. The summed E-state index contributed by atoms with van der Waals surface area (Å²) < 4.78 is 38.9. The van der Waals surface area contributed by atoms with Crippen molar-refractivity contribution in [3.63, 3.8) is 0 Å². The highest BCUT2D eigenvalue weighted by atomic mass is 35.5. The summed E-state index contributed by atoms with van der Waals surface area (Å²) in [5.41, 5.74) is -0.736. The lowest BCUT2D eigenvalue weighted by Crippen LogP contribution is -2.37. The minimum atomic E-state index is -4.93. The number of carboxylic acids is 1. The van der Waals surface area contributed by atoms with Crippen LogP contribution in [-0.2, 0) is 17.9 Å². The first-order chi connectivity index (χ1) is 11.1. The second kappa shape index (κ2) is 6.81. The van der Waals surface area contributed by atoms with E-state index in [9.17, 15) is 27.9 Å². The zero-order chi connectivity index (χ0) is 18.1. The first kappa shape index (κ1) is 18.3. The van der Waals surface area contributed by atoms with E-state index in [4.69, 9.17) is 16.7 Å². The number of aliphatic carboxylic acids is 1. The van der Waals surface area contributed by atoms with E-state index in [0.29, 0.717) is 21.2 Å². The van der Waals surface area contributed by atoms with Gasteiger partial charge in [-0.25, -0.2) is 9.48 Å². The fourth-order valence-electron chi connectivity index (χ4n) is 2.09. The number of nitrogens with zero attached hydrogens (tertiary/aromatic N) is 3. The van der Waals surface area contributed by atoms with E-state index in [1.165, 1.54) is 6.08 Å². The van der Waals surface area contributed by atoms with E-state index in [2.05, 4.69) is 5.10 Å². The zero-order valence-corrected chi connectivity index (χ0v) is 12.8. The van der Waals surface area contributed by atoms with Crippen LogP contribution in [0.3, 0.4) is 0 Å². The van der Waals surface area contributed by atoms with Gasteiger partial charge in [0.25, 0.3) is 0 Å². The van der Waals surface area contributed by atoms with Crippen LogP contribution in [-0.4, -0.2) is 48.2 Å². The number of carboxylic acid groups (broad SMARTS) is 1. The van der Waals surface area contributed by atoms with Crippen molar-refractivity contribution >= 4 is 23.1 Å². The molecule has 1 aliphatic carbocycles. The first-order valence-electron chi connectivity index (χ1n) is 6.76. The third-order valence-electron chi connectivity index (χ3n) is 3.25. The van der Waals surface area contributed by atoms with Crippen LogP contribution >= 0.6 is 11.6 Å². The molecule has 2 atom stereocenters. The maximum absolute atomic E-state index is 12.6. The van der Waals surface area contributed by atoms with E-state index in [-0.39, 0.29) is 11.2 Å². The molecule has 0 amide bonds. The number of aliphatic hydroxyl groups excluding tert-OH is 1. The van der Waals surface area contributed by atoms with Gasteiger partial charge in [-0.1, -0.05) is 18.2 Å². The smallest absolute Gasteiger partial charge is 0.416 e. The van der Waals surface area contributed by atoms with Crippen molar-refractivity contribution in [2.45, 2.75) is 37.2 Å². The fraction of sp³-hybridized carbons (Fsp3) is 0.462. The van der Waals surface area contributed by atoms with Gasteiger partial charge in [-0.05, 0) is 6.42 Å². The molecule has 1 aromatic rings. The number of carbonyl (C=O) groups is 1. The van der Waals surface area contributed by atoms with Gasteiger partial charge in [0.05, 0.1) is 11.9 Å². The SMILES string of the molecule is O=C(O)Cn1nc(C2=CCC(Cl)C=C2)n(C[C@H](O)C(F)(F)F)c1=O. The van der Waals surface area contributed by atoms with Gasteiger partial charge in [0.1, 0.15) is 6.54 Å². The van der Waals surface area contributed by atoms with Crippen LogP contribution < -0.4 is 5.69 Å². The molecule has 0 saturated carbocycles. The van der Waals surface area contributed by atoms with Crippen LogP contribution in [0.2, 0.25) is 0 Å². The highest BCUT2D eigenvalue weighted by Crippen LogP contribution is 2.24. The standard InChI is InChI=1S/C13H13ClF3N3O4/c14-8-3-1-7(2-4-8)11-18-20(6-10(22)23)12(24)19(11)5-9(21)13(15,16)17/h1-3,8-9,21H,4-6H2,(H,22,23)/t8?,9-/m0/s1.